The molecule has 0 N–H and O–H groups in total. The van der Waals surface area contributed by atoms with Gasteiger partial charge in [-0.3, -0.25) is 0 Å². The van der Waals surface area contributed by atoms with Crippen molar-refractivity contribution in [3.8, 4) is 35.9 Å². The number of hydrogen-bond donors (Lipinski definition) is 0. The zero-order chi connectivity index (χ0) is 11.7. The minimum absolute atomic E-state index is 1.76. The van der Waals surface area contributed by atoms with Crippen molar-refractivity contribution < 1.29 is 12.3 Å². The molecule has 0 unspecified atom stereocenters. The van der Waals surface area contributed by atoms with Crippen molar-refractivity contribution in [2.24, 2.45) is 0 Å². The highest BCUT2D eigenvalue weighted by Gasteiger charge is 2.56. The summed E-state index contributed by atoms with van der Waals surface area (Å²) in [7, 11) is -8.05. The summed E-state index contributed by atoms with van der Waals surface area (Å²) in [5.74, 6) is 0. The van der Waals surface area contributed by atoms with Crippen LogP contribution in [0.25, 0.3) is 0 Å². The maximum atomic E-state index is 5.66. The van der Waals surface area contributed by atoms with E-state index in [9.17, 15) is 0 Å². The molecule has 3 nitrogen and oxygen atoms in total. The molecule has 1 aliphatic rings. The molecule has 0 atom stereocenters. The van der Waals surface area contributed by atoms with Crippen molar-refractivity contribution in [1.82, 2.24) is 0 Å². The molecule has 1 aliphatic heterocycles. The Labute approximate surface area is 93.9 Å². The molecule has 1 heterocycles. The largest absolute Gasteiger partial charge is 0.404 e. The summed E-state index contributed by atoms with van der Waals surface area (Å²) in [5, 5.41) is 0. The van der Waals surface area contributed by atoms with Gasteiger partial charge < -0.3 is 12.3 Å². The van der Waals surface area contributed by atoms with Crippen LogP contribution in [0.5, 0.6) is 0 Å². The summed E-state index contributed by atoms with van der Waals surface area (Å²) in [5.41, 5.74) is 7.66. The fourth-order valence-electron chi connectivity index (χ4n) is 1.35. The van der Waals surface area contributed by atoms with Gasteiger partial charge in [-0.05, 0) is 19.6 Å². The fourth-order valence-corrected chi connectivity index (χ4v) is 13.3. The summed E-state index contributed by atoms with van der Waals surface area (Å²) < 4.78 is 17.0. The average molecular weight is 252 g/mol. The molecule has 0 bridgehead atoms. The Morgan fingerprint density at radius 2 is 0.867 bits per heavy atom. The van der Waals surface area contributed by atoms with E-state index in [4.69, 9.17) is 31.6 Å². The van der Waals surface area contributed by atoms with Gasteiger partial charge >= 0.3 is 25.7 Å². The number of rotatable bonds is 0. The highest BCUT2D eigenvalue weighted by Crippen LogP contribution is 2.29. The Balaban J connectivity index is 3.13. The average Bonchev–Trinajstić information content (AvgIpc) is 2.16. The molecule has 0 radical (unpaired) electrons. The van der Waals surface area contributed by atoms with Gasteiger partial charge in [-0.2, -0.15) is 0 Å². The summed E-state index contributed by atoms with van der Waals surface area (Å²) in [6.07, 6.45) is 16.2. The lowest BCUT2D eigenvalue weighted by Crippen LogP contribution is -2.66. The normalized spacial score (nSPS) is 44.8. The fraction of sp³-hybridized carbons (Fsp3) is 0.333. The van der Waals surface area contributed by atoms with E-state index in [-0.39, 0.29) is 0 Å². The Morgan fingerprint density at radius 3 is 1.00 bits per heavy atom. The van der Waals surface area contributed by atoms with Gasteiger partial charge in [0.25, 0.3) is 0 Å². The van der Waals surface area contributed by atoms with E-state index >= 15 is 0 Å². The van der Waals surface area contributed by atoms with Crippen molar-refractivity contribution in [3.63, 3.8) is 0 Å². The third-order valence-corrected chi connectivity index (χ3v) is 12.9. The van der Waals surface area contributed by atoms with E-state index < -0.39 is 25.7 Å². The topological polar surface area (TPSA) is 27.7 Å². The van der Waals surface area contributed by atoms with Crippen LogP contribution < -0.4 is 0 Å². The first-order valence-electron chi connectivity index (χ1n) is 4.34. The van der Waals surface area contributed by atoms with Crippen molar-refractivity contribution in [2.75, 3.05) is 0 Å². The van der Waals surface area contributed by atoms with Crippen LogP contribution in [0.3, 0.4) is 0 Å². The predicted molar refractivity (Wildman–Crippen MR) is 64.6 cm³/mol. The van der Waals surface area contributed by atoms with Gasteiger partial charge in [0.1, 0.15) is 0 Å². The smallest absolute Gasteiger partial charge is 0.397 e. The number of terminal acetylenes is 3. The minimum Gasteiger partial charge on any atom is -0.397 e. The molecule has 0 spiro atoms. The Bertz CT molecular complexity index is 330. The van der Waals surface area contributed by atoms with Crippen LogP contribution in [0.2, 0.25) is 19.6 Å². The molecule has 1 fully saturated rings. The van der Waals surface area contributed by atoms with Crippen molar-refractivity contribution >= 4 is 25.7 Å². The van der Waals surface area contributed by atoms with Crippen LogP contribution in [0.15, 0.2) is 0 Å². The first-order chi connectivity index (χ1) is 6.80. The van der Waals surface area contributed by atoms with Gasteiger partial charge in [-0.25, -0.2) is 0 Å². The molecule has 78 valence electrons. The minimum atomic E-state index is -2.68. The van der Waals surface area contributed by atoms with E-state index in [0.717, 1.165) is 0 Å². The third-order valence-electron chi connectivity index (χ3n) is 1.96. The van der Waals surface area contributed by atoms with Crippen LogP contribution >= 0.6 is 0 Å². The molecule has 0 saturated carbocycles. The van der Waals surface area contributed by atoms with E-state index in [1.165, 1.54) is 0 Å². The molecule has 0 aromatic carbocycles. The maximum Gasteiger partial charge on any atom is 0.404 e. The zero-order valence-corrected chi connectivity index (χ0v) is 12.0. The summed E-state index contributed by atoms with van der Waals surface area (Å²) in [4.78, 5) is 0. The standard InChI is InChI=1S/C9H12O3Si3/c1-7-13(4)10-14(5,8-2)12-15(6,9-3)11-13/h1-3H,4-6H3. The summed E-state index contributed by atoms with van der Waals surface area (Å²) in [6.45, 7) is 5.29. The van der Waals surface area contributed by atoms with E-state index in [1.54, 1.807) is 19.6 Å². The second kappa shape index (κ2) is 3.66. The van der Waals surface area contributed by atoms with Gasteiger partial charge in [0, 0.05) is 0 Å². The maximum absolute atomic E-state index is 5.66. The van der Waals surface area contributed by atoms with Crippen LogP contribution in [-0.4, -0.2) is 25.7 Å². The van der Waals surface area contributed by atoms with Crippen LogP contribution in [0.4, 0.5) is 0 Å². The highest BCUT2D eigenvalue weighted by molar-refractivity contribution is 7.00. The zero-order valence-electron chi connectivity index (χ0n) is 8.96. The second-order valence-electron chi connectivity index (χ2n) is 3.58. The molecule has 0 aliphatic carbocycles. The van der Waals surface area contributed by atoms with Gasteiger partial charge in [-0.15, -0.1) is 19.3 Å². The molecule has 6 heteroatoms. The Morgan fingerprint density at radius 1 is 0.667 bits per heavy atom. The van der Waals surface area contributed by atoms with Crippen molar-refractivity contribution in [1.29, 1.82) is 0 Å². The molecule has 0 aromatic rings. The highest BCUT2D eigenvalue weighted by atomic mass is 28.5. The Hall–Kier alpha value is -0.789. The molecule has 1 rings (SSSR count). The first-order valence-corrected chi connectivity index (χ1v) is 11.3. The predicted octanol–water partition coefficient (Wildman–Crippen LogP) is 0.783. The van der Waals surface area contributed by atoms with Crippen LogP contribution in [0, 0.1) is 35.9 Å². The van der Waals surface area contributed by atoms with E-state index in [2.05, 4.69) is 16.6 Å². The van der Waals surface area contributed by atoms with Crippen LogP contribution in [-0.2, 0) is 12.3 Å². The van der Waals surface area contributed by atoms with E-state index in [1.807, 2.05) is 0 Å². The van der Waals surface area contributed by atoms with Gasteiger partial charge in [0.15, 0.2) is 0 Å². The number of hydrogen-bond acceptors (Lipinski definition) is 3. The molecular formula is C9H12O3Si3. The Kier molecular flexibility index (Phi) is 2.99. The molecule has 1 saturated heterocycles. The van der Waals surface area contributed by atoms with Crippen LogP contribution in [0.1, 0.15) is 0 Å². The first kappa shape index (κ1) is 12.3. The lowest BCUT2D eigenvalue weighted by molar-refractivity contribution is 0.256. The summed E-state index contributed by atoms with van der Waals surface area (Å²) in [6, 6.07) is 0. The quantitative estimate of drug-likeness (QED) is 0.471. The molecule has 0 aromatic heterocycles. The molecule has 0 amide bonds. The molecular weight excluding hydrogens is 240 g/mol. The summed E-state index contributed by atoms with van der Waals surface area (Å²) >= 11 is 0. The van der Waals surface area contributed by atoms with Gasteiger partial charge in [0.05, 0.1) is 0 Å². The van der Waals surface area contributed by atoms with E-state index in [0.29, 0.717) is 0 Å². The second-order valence-corrected chi connectivity index (χ2v) is 12.6. The lowest BCUT2D eigenvalue weighted by Gasteiger charge is -2.43. The van der Waals surface area contributed by atoms with Gasteiger partial charge in [-0.1, -0.05) is 16.6 Å². The van der Waals surface area contributed by atoms with Crippen molar-refractivity contribution in [3.05, 3.63) is 0 Å². The van der Waals surface area contributed by atoms with Gasteiger partial charge in [0.2, 0.25) is 0 Å². The third kappa shape index (κ3) is 2.42. The monoisotopic (exact) mass is 252 g/mol. The SMILES string of the molecule is C#C[Si]1(C)O[Si](C)(C#C)O[Si](C)(C#C)O1. The lowest BCUT2D eigenvalue weighted by atomic mass is 11.4. The van der Waals surface area contributed by atoms with Crippen molar-refractivity contribution in [2.45, 2.75) is 19.6 Å². The molecule has 15 heavy (non-hydrogen) atoms.